The van der Waals surface area contributed by atoms with Gasteiger partial charge in [0.1, 0.15) is 11.6 Å². The second kappa shape index (κ2) is 9.28. The topological polar surface area (TPSA) is 34.6 Å². The molecule has 6 heteroatoms. The van der Waals surface area contributed by atoms with Crippen LogP contribution in [0.25, 0.3) is 0 Å². The Morgan fingerprint density at radius 1 is 0.857 bits per heavy atom. The number of methoxy groups -OCH3 is 2. The number of aromatic nitrogens is 1. The molecule has 0 fully saturated rings. The van der Waals surface area contributed by atoms with E-state index in [0.29, 0.717) is 36.7 Å². The van der Waals surface area contributed by atoms with Crippen molar-refractivity contribution in [3.63, 3.8) is 0 Å². The van der Waals surface area contributed by atoms with Crippen molar-refractivity contribution in [2.24, 2.45) is 0 Å². The summed E-state index contributed by atoms with van der Waals surface area (Å²) in [5.41, 5.74) is 2.33. The van der Waals surface area contributed by atoms with Crippen LogP contribution in [-0.2, 0) is 19.6 Å². The maximum atomic E-state index is 13.6. The highest BCUT2D eigenvalue weighted by atomic mass is 19.1. The molecule has 146 valence electrons. The minimum Gasteiger partial charge on any atom is -0.493 e. The normalized spacial score (nSPS) is 10.9. The number of halogens is 2. The Balaban J connectivity index is 1.90. The smallest absolute Gasteiger partial charge is 0.165 e. The third-order valence-electron chi connectivity index (χ3n) is 4.32. The van der Waals surface area contributed by atoms with Crippen LogP contribution in [0.15, 0.2) is 60.8 Å². The lowest BCUT2D eigenvalue weighted by Gasteiger charge is -2.24. The van der Waals surface area contributed by atoms with Crippen molar-refractivity contribution < 1.29 is 18.3 Å². The van der Waals surface area contributed by atoms with Crippen LogP contribution in [0.1, 0.15) is 16.8 Å². The standard InChI is InChI=1S/C22H22F2N2O2/c1-27-21-8-5-6-17(22(21)28-2)14-26(15-20-7-3-4-9-25-20)13-16-10-18(23)12-19(24)11-16/h3-12H,13-15H2,1-2H3. The second-order valence-corrected chi connectivity index (χ2v) is 6.40. The molecule has 2 aromatic carbocycles. The monoisotopic (exact) mass is 384 g/mol. The summed E-state index contributed by atoms with van der Waals surface area (Å²) in [4.78, 5) is 6.42. The number of para-hydroxylation sites is 1. The molecule has 0 saturated carbocycles. The van der Waals surface area contributed by atoms with Crippen molar-refractivity contribution in [1.82, 2.24) is 9.88 Å². The zero-order valence-corrected chi connectivity index (χ0v) is 15.9. The lowest BCUT2D eigenvalue weighted by Crippen LogP contribution is -2.23. The average molecular weight is 384 g/mol. The molecule has 4 nitrogen and oxygen atoms in total. The van der Waals surface area contributed by atoms with Gasteiger partial charge in [-0.2, -0.15) is 0 Å². The third-order valence-corrected chi connectivity index (χ3v) is 4.32. The molecule has 0 atom stereocenters. The number of rotatable bonds is 8. The SMILES string of the molecule is COc1cccc(CN(Cc2cc(F)cc(F)c2)Cc2ccccn2)c1OC. The average Bonchev–Trinajstić information content (AvgIpc) is 2.67. The Labute approximate surface area is 163 Å². The zero-order valence-electron chi connectivity index (χ0n) is 15.9. The largest absolute Gasteiger partial charge is 0.493 e. The summed E-state index contributed by atoms with van der Waals surface area (Å²) in [6.07, 6.45) is 1.72. The van der Waals surface area contributed by atoms with Crippen molar-refractivity contribution in [2.75, 3.05) is 14.2 Å². The van der Waals surface area contributed by atoms with E-state index in [2.05, 4.69) is 4.98 Å². The van der Waals surface area contributed by atoms with Crippen molar-refractivity contribution in [3.8, 4) is 11.5 Å². The molecule has 3 aromatic rings. The van der Waals surface area contributed by atoms with Gasteiger partial charge in [-0.1, -0.05) is 18.2 Å². The number of pyridine rings is 1. The van der Waals surface area contributed by atoms with Gasteiger partial charge < -0.3 is 9.47 Å². The predicted octanol–water partition coefficient (Wildman–Crippen LogP) is 4.58. The molecule has 0 radical (unpaired) electrons. The summed E-state index contributed by atoms with van der Waals surface area (Å²) in [7, 11) is 3.18. The Morgan fingerprint density at radius 3 is 2.29 bits per heavy atom. The van der Waals surface area contributed by atoms with Crippen molar-refractivity contribution in [3.05, 3.63) is 89.2 Å². The van der Waals surface area contributed by atoms with Gasteiger partial charge in [-0.15, -0.1) is 0 Å². The predicted molar refractivity (Wildman–Crippen MR) is 103 cm³/mol. The van der Waals surface area contributed by atoms with Crippen LogP contribution in [0.5, 0.6) is 11.5 Å². The van der Waals surface area contributed by atoms with Crippen molar-refractivity contribution in [2.45, 2.75) is 19.6 Å². The molecule has 1 heterocycles. The molecule has 0 N–H and O–H groups in total. The molecule has 0 aliphatic heterocycles. The molecule has 0 aliphatic carbocycles. The van der Waals surface area contributed by atoms with E-state index in [1.807, 2.05) is 41.3 Å². The van der Waals surface area contributed by atoms with Gasteiger partial charge in [-0.3, -0.25) is 9.88 Å². The Kier molecular flexibility index (Phi) is 6.55. The van der Waals surface area contributed by atoms with E-state index in [-0.39, 0.29) is 0 Å². The third kappa shape index (κ3) is 5.04. The Bertz CT molecular complexity index is 899. The second-order valence-electron chi connectivity index (χ2n) is 6.40. The van der Waals surface area contributed by atoms with E-state index in [4.69, 9.17) is 9.47 Å². The van der Waals surface area contributed by atoms with Gasteiger partial charge in [-0.25, -0.2) is 8.78 Å². The maximum absolute atomic E-state index is 13.6. The summed E-state index contributed by atoms with van der Waals surface area (Å²) < 4.78 is 38.2. The quantitative estimate of drug-likeness (QED) is 0.569. The molecular weight excluding hydrogens is 362 g/mol. The van der Waals surface area contributed by atoms with Gasteiger partial charge in [0.25, 0.3) is 0 Å². The number of hydrogen-bond donors (Lipinski definition) is 0. The minimum atomic E-state index is -0.591. The number of nitrogens with zero attached hydrogens (tertiary/aromatic N) is 2. The molecule has 0 aliphatic rings. The van der Waals surface area contributed by atoms with Crippen LogP contribution >= 0.6 is 0 Å². The van der Waals surface area contributed by atoms with E-state index in [0.717, 1.165) is 17.3 Å². The van der Waals surface area contributed by atoms with Gasteiger partial charge in [0.2, 0.25) is 0 Å². The first-order chi connectivity index (χ1) is 13.6. The fraction of sp³-hybridized carbons (Fsp3) is 0.227. The molecule has 0 saturated heterocycles. The summed E-state index contributed by atoms with van der Waals surface area (Å²) in [5.74, 6) is 0.0922. The first-order valence-corrected chi connectivity index (χ1v) is 8.86. The van der Waals surface area contributed by atoms with E-state index in [9.17, 15) is 8.78 Å². The first kappa shape index (κ1) is 19.8. The van der Waals surface area contributed by atoms with Gasteiger partial charge in [0.05, 0.1) is 19.9 Å². The highest BCUT2D eigenvalue weighted by Crippen LogP contribution is 2.32. The van der Waals surface area contributed by atoms with E-state index < -0.39 is 11.6 Å². The number of hydrogen-bond acceptors (Lipinski definition) is 4. The zero-order chi connectivity index (χ0) is 19.9. The lowest BCUT2D eigenvalue weighted by molar-refractivity contribution is 0.238. The van der Waals surface area contributed by atoms with Crippen molar-refractivity contribution in [1.29, 1.82) is 0 Å². The van der Waals surface area contributed by atoms with Crippen LogP contribution in [0, 0.1) is 11.6 Å². The summed E-state index contributed by atoms with van der Waals surface area (Å²) >= 11 is 0. The van der Waals surface area contributed by atoms with Gasteiger partial charge >= 0.3 is 0 Å². The van der Waals surface area contributed by atoms with E-state index >= 15 is 0 Å². The first-order valence-electron chi connectivity index (χ1n) is 8.86. The maximum Gasteiger partial charge on any atom is 0.165 e. The summed E-state index contributed by atoms with van der Waals surface area (Å²) in [6, 6.07) is 14.9. The molecule has 28 heavy (non-hydrogen) atoms. The molecule has 0 bridgehead atoms. The lowest BCUT2D eigenvalue weighted by atomic mass is 10.1. The Hall–Kier alpha value is -2.99. The molecular formula is C22H22F2N2O2. The summed E-state index contributed by atoms with van der Waals surface area (Å²) in [6.45, 7) is 1.36. The van der Waals surface area contributed by atoms with Crippen LogP contribution in [0.3, 0.4) is 0 Å². The molecule has 0 amide bonds. The van der Waals surface area contributed by atoms with Gasteiger partial charge in [-0.05, 0) is 35.9 Å². The van der Waals surface area contributed by atoms with Crippen molar-refractivity contribution >= 4 is 0 Å². The van der Waals surface area contributed by atoms with Gasteiger partial charge in [0, 0.05) is 37.5 Å². The van der Waals surface area contributed by atoms with E-state index in [1.54, 1.807) is 20.4 Å². The van der Waals surface area contributed by atoms with Gasteiger partial charge in [0.15, 0.2) is 11.5 Å². The van der Waals surface area contributed by atoms with Crippen LogP contribution in [0.2, 0.25) is 0 Å². The van der Waals surface area contributed by atoms with E-state index in [1.165, 1.54) is 12.1 Å². The number of benzene rings is 2. The molecule has 0 spiro atoms. The molecule has 3 rings (SSSR count). The fourth-order valence-corrected chi connectivity index (χ4v) is 3.17. The van der Waals surface area contributed by atoms with Crippen LogP contribution in [-0.4, -0.2) is 24.1 Å². The molecule has 0 unspecified atom stereocenters. The Morgan fingerprint density at radius 2 is 1.64 bits per heavy atom. The number of ether oxygens (including phenoxy) is 2. The highest BCUT2D eigenvalue weighted by Gasteiger charge is 2.15. The minimum absolute atomic E-state index is 0.353. The molecule has 1 aromatic heterocycles. The van der Waals surface area contributed by atoms with Crippen LogP contribution in [0.4, 0.5) is 8.78 Å². The highest BCUT2D eigenvalue weighted by molar-refractivity contribution is 5.46. The fourth-order valence-electron chi connectivity index (χ4n) is 3.17. The van der Waals surface area contributed by atoms with Crippen LogP contribution < -0.4 is 9.47 Å². The summed E-state index contributed by atoms with van der Waals surface area (Å²) in [5, 5.41) is 0.